The molecule has 0 bridgehead atoms. The number of aromatic amines is 1. The van der Waals surface area contributed by atoms with Crippen LogP contribution in [0.2, 0.25) is 0 Å². The number of ether oxygens (including phenoxy) is 2. The highest BCUT2D eigenvalue weighted by atomic mass is 19.4. The number of nitrogens with zero attached hydrogens (tertiary/aromatic N) is 1. The van der Waals surface area contributed by atoms with Gasteiger partial charge < -0.3 is 19.4 Å². The Morgan fingerprint density at radius 1 is 1.11 bits per heavy atom. The zero-order valence-electron chi connectivity index (χ0n) is 19.7. The molecule has 3 heterocycles. The Kier molecular flexibility index (Phi) is 6.25. The SMILES string of the molecule is COc1ccc2[nH]cc(C3CCN(C(=O)C4(c5cccc(C(F)(F)F)c5)CCOCC4)CC3)c2c1. The Hall–Kier alpha value is -3.00. The van der Waals surface area contributed by atoms with Crippen molar-refractivity contribution in [2.45, 2.75) is 43.2 Å². The largest absolute Gasteiger partial charge is 0.497 e. The summed E-state index contributed by atoms with van der Waals surface area (Å²) < 4.78 is 51.1. The van der Waals surface area contributed by atoms with E-state index in [-0.39, 0.29) is 5.91 Å². The van der Waals surface area contributed by atoms with E-state index in [1.54, 1.807) is 13.2 Å². The van der Waals surface area contributed by atoms with Crippen LogP contribution in [0.25, 0.3) is 10.9 Å². The van der Waals surface area contributed by atoms with Gasteiger partial charge in [0.2, 0.25) is 5.91 Å². The van der Waals surface area contributed by atoms with E-state index in [0.717, 1.165) is 41.6 Å². The lowest BCUT2D eigenvalue weighted by molar-refractivity contribution is -0.143. The van der Waals surface area contributed by atoms with Crippen molar-refractivity contribution in [3.63, 3.8) is 0 Å². The van der Waals surface area contributed by atoms with Crippen molar-refractivity contribution in [1.82, 2.24) is 9.88 Å². The van der Waals surface area contributed by atoms with E-state index in [9.17, 15) is 18.0 Å². The van der Waals surface area contributed by atoms with Crippen molar-refractivity contribution in [2.75, 3.05) is 33.4 Å². The number of benzene rings is 2. The van der Waals surface area contributed by atoms with Crippen molar-refractivity contribution in [3.05, 3.63) is 65.4 Å². The minimum atomic E-state index is -4.45. The Morgan fingerprint density at radius 3 is 2.54 bits per heavy atom. The summed E-state index contributed by atoms with van der Waals surface area (Å²) in [7, 11) is 1.65. The molecule has 0 spiro atoms. The lowest BCUT2D eigenvalue weighted by Gasteiger charge is -2.42. The number of fused-ring (bicyclic) bond motifs is 1. The molecule has 5 rings (SSSR count). The molecule has 3 aromatic rings. The predicted octanol–water partition coefficient (Wildman–Crippen LogP) is 5.65. The molecule has 2 saturated heterocycles. The Bertz CT molecular complexity index is 1210. The van der Waals surface area contributed by atoms with Crippen LogP contribution in [0, 0.1) is 0 Å². The highest BCUT2D eigenvalue weighted by Gasteiger charge is 2.45. The molecular weight excluding hydrogens is 457 g/mol. The second-order valence-electron chi connectivity index (χ2n) is 9.50. The minimum absolute atomic E-state index is 0.0841. The first-order valence-corrected chi connectivity index (χ1v) is 12.0. The number of rotatable bonds is 4. The summed E-state index contributed by atoms with van der Waals surface area (Å²) in [5, 5.41) is 1.12. The van der Waals surface area contributed by atoms with Gasteiger partial charge in [-0.25, -0.2) is 0 Å². The van der Waals surface area contributed by atoms with E-state index in [0.29, 0.717) is 50.6 Å². The topological polar surface area (TPSA) is 54.6 Å². The molecule has 5 nitrogen and oxygen atoms in total. The highest BCUT2D eigenvalue weighted by molar-refractivity contribution is 5.89. The van der Waals surface area contributed by atoms with Gasteiger partial charge in [-0.2, -0.15) is 13.2 Å². The van der Waals surface area contributed by atoms with Crippen molar-refractivity contribution >= 4 is 16.8 Å². The number of likely N-dealkylation sites (tertiary alicyclic amines) is 1. The van der Waals surface area contributed by atoms with Crippen molar-refractivity contribution in [3.8, 4) is 5.75 Å². The highest BCUT2D eigenvalue weighted by Crippen LogP contribution is 2.41. The molecule has 0 atom stereocenters. The molecule has 2 fully saturated rings. The number of carbonyl (C=O) groups excluding carboxylic acids is 1. The number of hydrogen-bond acceptors (Lipinski definition) is 3. The molecular formula is C27H29F3N2O3. The number of aromatic nitrogens is 1. The van der Waals surface area contributed by atoms with Crippen molar-refractivity contribution in [2.24, 2.45) is 0 Å². The molecule has 0 saturated carbocycles. The van der Waals surface area contributed by atoms with Gasteiger partial charge >= 0.3 is 6.18 Å². The summed E-state index contributed by atoms with van der Waals surface area (Å²) in [5.74, 6) is 1.01. The lowest BCUT2D eigenvalue weighted by Crippen LogP contribution is -2.52. The van der Waals surface area contributed by atoms with Crippen LogP contribution in [0.3, 0.4) is 0 Å². The average Bonchev–Trinajstić information content (AvgIpc) is 3.31. The third-order valence-corrected chi connectivity index (χ3v) is 7.64. The summed E-state index contributed by atoms with van der Waals surface area (Å²) >= 11 is 0. The second kappa shape index (κ2) is 9.22. The van der Waals surface area contributed by atoms with E-state index < -0.39 is 17.2 Å². The number of halogens is 3. The number of piperidine rings is 1. The van der Waals surface area contributed by atoms with Gasteiger partial charge in [-0.05, 0) is 67.0 Å². The fourth-order valence-corrected chi connectivity index (χ4v) is 5.62. The van der Waals surface area contributed by atoms with Crippen LogP contribution < -0.4 is 4.74 Å². The van der Waals surface area contributed by atoms with Gasteiger partial charge in [0.15, 0.2) is 0 Å². The maximum Gasteiger partial charge on any atom is 0.416 e. The average molecular weight is 487 g/mol. The van der Waals surface area contributed by atoms with Gasteiger partial charge in [0.05, 0.1) is 18.1 Å². The molecule has 0 radical (unpaired) electrons. The molecule has 8 heteroatoms. The minimum Gasteiger partial charge on any atom is -0.497 e. The number of hydrogen-bond donors (Lipinski definition) is 1. The molecule has 2 aliphatic rings. The van der Waals surface area contributed by atoms with Gasteiger partial charge in [-0.1, -0.05) is 18.2 Å². The molecule has 1 N–H and O–H groups in total. The maximum atomic E-state index is 13.9. The molecule has 2 aliphatic heterocycles. The first-order valence-electron chi connectivity index (χ1n) is 12.0. The first-order chi connectivity index (χ1) is 16.8. The second-order valence-corrected chi connectivity index (χ2v) is 9.50. The van der Waals surface area contributed by atoms with Crippen LogP contribution >= 0.6 is 0 Å². The molecule has 35 heavy (non-hydrogen) atoms. The van der Waals surface area contributed by atoms with E-state index >= 15 is 0 Å². The molecule has 1 amide bonds. The standard InChI is InChI=1S/C27H29F3N2O3/c1-34-21-5-6-24-22(16-21)23(17-31-24)18-7-11-32(12-8-18)25(33)26(9-13-35-14-10-26)19-3-2-4-20(15-19)27(28,29)30/h2-6,15-18,31H,7-14H2,1H3. The zero-order chi connectivity index (χ0) is 24.6. The summed E-state index contributed by atoms with van der Waals surface area (Å²) in [6, 6.07) is 11.2. The number of nitrogens with one attached hydrogen (secondary N) is 1. The van der Waals surface area contributed by atoms with E-state index in [4.69, 9.17) is 9.47 Å². The zero-order valence-corrected chi connectivity index (χ0v) is 19.7. The monoisotopic (exact) mass is 486 g/mol. The summed E-state index contributed by atoms with van der Waals surface area (Å²) in [6.07, 6.45) is -0.0542. The number of H-pyrrole nitrogens is 1. The van der Waals surface area contributed by atoms with Crippen LogP contribution in [-0.2, 0) is 21.1 Å². The number of carbonyl (C=O) groups is 1. The smallest absolute Gasteiger partial charge is 0.416 e. The van der Waals surface area contributed by atoms with Gasteiger partial charge in [0.1, 0.15) is 5.75 Å². The van der Waals surface area contributed by atoms with Crippen LogP contribution in [0.1, 0.15) is 48.3 Å². The fourth-order valence-electron chi connectivity index (χ4n) is 5.62. The van der Waals surface area contributed by atoms with Crippen molar-refractivity contribution in [1.29, 1.82) is 0 Å². The molecule has 186 valence electrons. The number of amides is 1. The first kappa shape index (κ1) is 23.7. The van der Waals surface area contributed by atoms with Crippen LogP contribution in [0.15, 0.2) is 48.7 Å². The van der Waals surface area contributed by atoms with Gasteiger partial charge in [0.25, 0.3) is 0 Å². The Balaban J connectivity index is 1.37. The van der Waals surface area contributed by atoms with E-state index in [1.165, 1.54) is 11.6 Å². The Morgan fingerprint density at radius 2 is 1.86 bits per heavy atom. The molecule has 0 aliphatic carbocycles. The van der Waals surface area contributed by atoms with Gasteiger partial charge in [0, 0.05) is 43.4 Å². The third-order valence-electron chi connectivity index (χ3n) is 7.64. The third kappa shape index (κ3) is 4.40. The summed E-state index contributed by atoms with van der Waals surface area (Å²) in [4.78, 5) is 19.1. The van der Waals surface area contributed by atoms with E-state index in [1.807, 2.05) is 29.3 Å². The van der Waals surface area contributed by atoms with E-state index in [2.05, 4.69) is 4.98 Å². The number of methoxy groups -OCH3 is 1. The normalized spacial score (nSPS) is 19.1. The quantitative estimate of drug-likeness (QED) is 0.519. The Labute approximate surface area is 202 Å². The van der Waals surface area contributed by atoms with Crippen LogP contribution in [-0.4, -0.2) is 49.2 Å². The van der Waals surface area contributed by atoms with Gasteiger partial charge in [-0.3, -0.25) is 4.79 Å². The summed E-state index contributed by atoms with van der Waals surface area (Å²) in [5.41, 5.74) is 0.990. The molecule has 2 aromatic carbocycles. The van der Waals surface area contributed by atoms with Gasteiger partial charge in [-0.15, -0.1) is 0 Å². The lowest BCUT2D eigenvalue weighted by atomic mass is 9.72. The summed E-state index contributed by atoms with van der Waals surface area (Å²) in [6.45, 7) is 1.86. The van der Waals surface area contributed by atoms with Crippen LogP contribution in [0.4, 0.5) is 13.2 Å². The van der Waals surface area contributed by atoms with Crippen molar-refractivity contribution < 1.29 is 27.4 Å². The number of alkyl halides is 3. The van der Waals surface area contributed by atoms with Crippen LogP contribution in [0.5, 0.6) is 5.75 Å². The molecule has 1 aromatic heterocycles. The fraction of sp³-hybridized carbons (Fsp3) is 0.444. The maximum absolute atomic E-state index is 13.9. The molecule has 0 unspecified atom stereocenters. The predicted molar refractivity (Wildman–Crippen MR) is 127 cm³/mol.